The van der Waals surface area contributed by atoms with Crippen molar-refractivity contribution in [2.24, 2.45) is 0 Å². The Morgan fingerprint density at radius 2 is 1.61 bits per heavy atom. The number of benzene rings is 2. The summed E-state index contributed by atoms with van der Waals surface area (Å²) in [4.78, 5) is 12.4. The van der Waals surface area contributed by atoms with Crippen LogP contribution in [0.1, 0.15) is 22.3 Å². The molecule has 122 valence electrons. The Hall–Kier alpha value is -2.49. The van der Waals surface area contributed by atoms with Crippen LogP contribution in [-0.2, 0) is 11.2 Å². The van der Waals surface area contributed by atoms with Gasteiger partial charge in [-0.15, -0.1) is 0 Å². The van der Waals surface area contributed by atoms with Crippen LogP contribution in [0.2, 0.25) is 0 Å². The molecule has 0 spiro atoms. The van der Waals surface area contributed by atoms with E-state index in [0.717, 1.165) is 27.9 Å². The van der Waals surface area contributed by atoms with Gasteiger partial charge >= 0.3 is 0 Å². The number of aryl methyl sites for hydroxylation is 3. The standard InChI is InChI=1S/C19H23NO3/c1-12-6-7-13(2)16(8-12)20-19(21)11-15-10-18(23-5)17(22-4)9-14(15)3/h6-10H,11H2,1-5H3,(H,20,21). The molecule has 0 saturated heterocycles. The summed E-state index contributed by atoms with van der Waals surface area (Å²) in [6.45, 7) is 5.95. The van der Waals surface area contributed by atoms with E-state index in [2.05, 4.69) is 5.32 Å². The number of ether oxygens (including phenoxy) is 2. The summed E-state index contributed by atoms with van der Waals surface area (Å²) in [6, 6.07) is 9.76. The van der Waals surface area contributed by atoms with Crippen LogP contribution in [0.15, 0.2) is 30.3 Å². The molecular formula is C19H23NO3. The lowest BCUT2D eigenvalue weighted by Crippen LogP contribution is -2.16. The predicted molar refractivity (Wildman–Crippen MR) is 92.5 cm³/mol. The molecule has 0 radical (unpaired) electrons. The SMILES string of the molecule is COc1cc(C)c(CC(=O)Nc2cc(C)ccc2C)cc1OC. The van der Waals surface area contributed by atoms with E-state index in [1.165, 1.54) is 0 Å². The molecule has 0 bridgehead atoms. The van der Waals surface area contributed by atoms with E-state index in [-0.39, 0.29) is 5.91 Å². The molecule has 0 aliphatic carbocycles. The van der Waals surface area contributed by atoms with Crippen LogP contribution < -0.4 is 14.8 Å². The Labute approximate surface area is 137 Å². The molecule has 4 heteroatoms. The van der Waals surface area contributed by atoms with Crippen molar-refractivity contribution in [3.05, 3.63) is 52.6 Å². The average molecular weight is 313 g/mol. The molecule has 0 aliphatic rings. The predicted octanol–water partition coefficient (Wildman–Crippen LogP) is 3.81. The number of hydrogen-bond donors (Lipinski definition) is 1. The van der Waals surface area contributed by atoms with Crippen molar-refractivity contribution in [3.8, 4) is 11.5 Å². The van der Waals surface area contributed by atoms with Crippen molar-refractivity contribution in [2.75, 3.05) is 19.5 Å². The zero-order chi connectivity index (χ0) is 17.0. The van der Waals surface area contributed by atoms with Gasteiger partial charge < -0.3 is 14.8 Å². The number of rotatable bonds is 5. The topological polar surface area (TPSA) is 47.6 Å². The van der Waals surface area contributed by atoms with Crippen molar-refractivity contribution >= 4 is 11.6 Å². The van der Waals surface area contributed by atoms with E-state index in [1.807, 2.05) is 51.1 Å². The van der Waals surface area contributed by atoms with Gasteiger partial charge in [0.2, 0.25) is 5.91 Å². The Morgan fingerprint density at radius 3 is 2.26 bits per heavy atom. The summed E-state index contributed by atoms with van der Waals surface area (Å²) in [5, 5.41) is 2.98. The maximum Gasteiger partial charge on any atom is 0.228 e. The highest BCUT2D eigenvalue weighted by Gasteiger charge is 2.12. The van der Waals surface area contributed by atoms with Crippen molar-refractivity contribution in [2.45, 2.75) is 27.2 Å². The molecule has 0 aromatic heterocycles. The minimum atomic E-state index is -0.0472. The summed E-state index contributed by atoms with van der Waals surface area (Å²) in [5.74, 6) is 1.25. The summed E-state index contributed by atoms with van der Waals surface area (Å²) in [7, 11) is 3.19. The molecule has 23 heavy (non-hydrogen) atoms. The molecular weight excluding hydrogens is 290 g/mol. The minimum absolute atomic E-state index is 0.0472. The van der Waals surface area contributed by atoms with Crippen molar-refractivity contribution in [3.63, 3.8) is 0 Å². The van der Waals surface area contributed by atoms with Crippen molar-refractivity contribution < 1.29 is 14.3 Å². The Bertz CT molecular complexity index is 723. The second kappa shape index (κ2) is 7.18. The summed E-state index contributed by atoms with van der Waals surface area (Å²) < 4.78 is 10.6. The van der Waals surface area contributed by atoms with Gasteiger partial charge in [-0.3, -0.25) is 4.79 Å². The van der Waals surface area contributed by atoms with E-state index in [9.17, 15) is 4.79 Å². The maximum absolute atomic E-state index is 12.4. The van der Waals surface area contributed by atoms with Crippen molar-refractivity contribution in [1.82, 2.24) is 0 Å². The van der Waals surface area contributed by atoms with Gasteiger partial charge in [0, 0.05) is 5.69 Å². The third kappa shape index (κ3) is 4.03. The van der Waals surface area contributed by atoms with Gasteiger partial charge in [0.15, 0.2) is 11.5 Å². The normalized spacial score (nSPS) is 10.3. The second-order valence-electron chi connectivity index (χ2n) is 5.68. The van der Waals surface area contributed by atoms with E-state index in [4.69, 9.17) is 9.47 Å². The first-order valence-corrected chi connectivity index (χ1v) is 7.53. The second-order valence-corrected chi connectivity index (χ2v) is 5.68. The van der Waals surface area contributed by atoms with Gasteiger partial charge in [-0.2, -0.15) is 0 Å². The number of hydrogen-bond acceptors (Lipinski definition) is 3. The third-order valence-corrected chi connectivity index (χ3v) is 3.86. The fraction of sp³-hybridized carbons (Fsp3) is 0.316. The van der Waals surface area contributed by atoms with Crippen LogP contribution in [0.4, 0.5) is 5.69 Å². The minimum Gasteiger partial charge on any atom is -0.493 e. The van der Waals surface area contributed by atoms with Gasteiger partial charge in [-0.25, -0.2) is 0 Å². The molecule has 0 atom stereocenters. The first-order valence-electron chi connectivity index (χ1n) is 7.53. The number of anilines is 1. The van der Waals surface area contributed by atoms with E-state index >= 15 is 0 Å². The van der Waals surface area contributed by atoms with Crippen LogP contribution in [-0.4, -0.2) is 20.1 Å². The third-order valence-electron chi connectivity index (χ3n) is 3.86. The smallest absolute Gasteiger partial charge is 0.228 e. The molecule has 0 saturated carbocycles. The van der Waals surface area contributed by atoms with E-state index < -0.39 is 0 Å². The van der Waals surface area contributed by atoms with Gasteiger partial charge in [0.1, 0.15) is 0 Å². The molecule has 0 aliphatic heterocycles. The highest BCUT2D eigenvalue weighted by Crippen LogP contribution is 2.30. The highest BCUT2D eigenvalue weighted by atomic mass is 16.5. The average Bonchev–Trinajstić information content (AvgIpc) is 2.52. The van der Waals surface area contributed by atoms with E-state index in [1.54, 1.807) is 14.2 Å². The summed E-state index contributed by atoms with van der Waals surface area (Å²) in [5.41, 5.74) is 4.94. The lowest BCUT2D eigenvalue weighted by Gasteiger charge is -2.13. The molecule has 0 heterocycles. The molecule has 2 aromatic rings. The Kier molecular flexibility index (Phi) is 5.27. The monoisotopic (exact) mass is 313 g/mol. The van der Waals surface area contributed by atoms with E-state index in [0.29, 0.717) is 17.9 Å². The maximum atomic E-state index is 12.4. The zero-order valence-electron chi connectivity index (χ0n) is 14.3. The molecule has 2 aromatic carbocycles. The van der Waals surface area contributed by atoms with Crippen LogP contribution in [0.25, 0.3) is 0 Å². The summed E-state index contributed by atoms with van der Waals surface area (Å²) >= 11 is 0. The highest BCUT2D eigenvalue weighted by molar-refractivity contribution is 5.93. The van der Waals surface area contributed by atoms with Crippen LogP contribution in [0.3, 0.4) is 0 Å². The van der Waals surface area contributed by atoms with Gasteiger partial charge in [0.25, 0.3) is 0 Å². The first-order chi connectivity index (χ1) is 10.9. The lowest BCUT2D eigenvalue weighted by molar-refractivity contribution is -0.115. The molecule has 4 nitrogen and oxygen atoms in total. The quantitative estimate of drug-likeness (QED) is 0.913. The summed E-state index contributed by atoms with van der Waals surface area (Å²) in [6.07, 6.45) is 0.291. The van der Waals surface area contributed by atoms with Crippen LogP contribution >= 0.6 is 0 Å². The molecule has 1 N–H and O–H groups in total. The zero-order valence-corrected chi connectivity index (χ0v) is 14.3. The molecule has 0 fully saturated rings. The fourth-order valence-electron chi connectivity index (χ4n) is 2.45. The first kappa shape index (κ1) is 16.9. The molecule has 1 amide bonds. The van der Waals surface area contributed by atoms with Crippen LogP contribution in [0.5, 0.6) is 11.5 Å². The number of carbonyl (C=O) groups excluding carboxylic acids is 1. The number of nitrogens with one attached hydrogen (secondary N) is 1. The van der Waals surface area contributed by atoms with Gasteiger partial charge in [-0.05, 0) is 61.2 Å². The van der Waals surface area contributed by atoms with Crippen molar-refractivity contribution in [1.29, 1.82) is 0 Å². The van der Waals surface area contributed by atoms with Gasteiger partial charge in [-0.1, -0.05) is 12.1 Å². The number of carbonyl (C=O) groups is 1. The van der Waals surface area contributed by atoms with Crippen LogP contribution in [0, 0.1) is 20.8 Å². The Morgan fingerprint density at radius 1 is 0.957 bits per heavy atom. The number of amides is 1. The largest absolute Gasteiger partial charge is 0.493 e. The fourth-order valence-corrected chi connectivity index (χ4v) is 2.45. The molecule has 0 unspecified atom stereocenters. The lowest BCUT2D eigenvalue weighted by atomic mass is 10.0. The molecule has 2 rings (SSSR count). The number of methoxy groups -OCH3 is 2. The van der Waals surface area contributed by atoms with Gasteiger partial charge in [0.05, 0.1) is 20.6 Å². The Balaban J connectivity index is 2.18.